The van der Waals surface area contributed by atoms with Crippen LogP contribution < -0.4 is 10.2 Å². The Labute approximate surface area is 267 Å². The quantitative estimate of drug-likeness (QED) is 0.0930. The molecule has 14 heteroatoms. The van der Waals surface area contributed by atoms with Crippen LogP contribution in [-0.2, 0) is 14.3 Å². The fourth-order valence-corrected chi connectivity index (χ4v) is 5.53. The number of rotatable bonds is 12. The third-order valence-corrected chi connectivity index (χ3v) is 7.95. The first-order valence-electron chi connectivity index (χ1n) is 13.6. The highest BCUT2D eigenvalue weighted by Gasteiger charge is 2.32. The van der Waals surface area contributed by atoms with E-state index >= 15 is 0 Å². The summed E-state index contributed by atoms with van der Waals surface area (Å²) in [6, 6.07) is 13.8. The number of aliphatic carboxylic acids is 1. The first-order valence-corrected chi connectivity index (χ1v) is 14.8. The fraction of sp³-hybridized carbons (Fsp3) is 0.226. The zero-order valence-corrected chi connectivity index (χ0v) is 25.8. The molecule has 4 rings (SSSR count). The second-order valence-corrected chi connectivity index (χ2v) is 10.8. The molecular weight excluding hydrogens is 618 g/mol. The number of Topliss-reactive ketones (excluding diaryl/α,β-unsaturated/α-hetero) is 1. The van der Waals surface area contributed by atoms with Gasteiger partial charge in [0.1, 0.15) is 10.8 Å². The fourth-order valence-electron chi connectivity index (χ4n) is 4.51. The molecule has 1 heterocycles. The lowest BCUT2D eigenvalue weighted by atomic mass is 10.0. The number of ether oxygens (including phenoxy) is 1. The zero-order valence-electron chi connectivity index (χ0n) is 24.2. The number of aromatic nitrogens is 1. The number of nitrogens with zero attached hydrogens (tertiary/aromatic N) is 6. The van der Waals surface area contributed by atoms with Crippen LogP contribution in [0.5, 0.6) is 0 Å². The van der Waals surface area contributed by atoms with Crippen molar-refractivity contribution in [2.45, 2.75) is 19.8 Å². The number of likely N-dealkylation sites (N-methyl/N-ethyl adjacent to an activating group) is 1. The standard InChI is InChI=1S/C31H26ClN7O5S/c1-4-39(13-14-44-3)18-9-10-22(23(15-18)35-26(40)11-12-27(41)42)37-38-31-36-30(32)25(45-31)16-21-28(24(17-33)34-2)19-7-5-6-8-20(19)29(21)43/h5-10,15-16H,4,11-14H2,1,3H3,(H,35,40)(H,41,42)/b21-16-,28-24+,38-37?. The molecular formula is C31H26ClN7O5S. The monoisotopic (exact) mass is 643 g/mol. The number of hydrogen-bond acceptors (Lipinski definition) is 10. The minimum Gasteiger partial charge on any atom is -0.481 e. The average Bonchev–Trinajstić information content (AvgIpc) is 3.52. The summed E-state index contributed by atoms with van der Waals surface area (Å²) in [6.45, 7) is 11.2. The Morgan fingerprint density at radius 2 is 2.00 bits per heavy atom. The molecule has 1 aliphatic rings. The summed E-state index contributed by atoms with van der Waals surface area (Å²) in [5, 5.41) is 29.9. The van der Waals surface area contributed by atoms with Crippen molar-refractivity contribution in [1.29, 1.82) is 5.26 Å². The number of carboxylic acids is 1. The molecule has 0 spiro atoms. The molecule has 2 N–H and O–H groups in total. The Kier molecular flexibility index (Phi) is 10.9. The van der Waals surface area contributed by atoms with E-state index in [4.69, 9.17) is 28.0 Å². The van der Waals surface area contributed by atoms with Crippen molar-refractivity contribution >= 4 is 74.4 Å². The molecule has 0 aliphatic heterocycles. The minimum absolute atomic E-state index is 0.0418. The number of hydrogen-bond donors (Lipinski definition) is 2. The van der Waals surface area contributed by atoms with Gasteiger partial charge in [-0.3, -0.25) is 14.4 Å². The second-order valence-electron chi connectivity index (χ2n) is 9.45. The average molecular weight is 644 g/mol. The summed E-state index contributed by atoms with van der Waals surface area (Å²) in [7, 11) is 1.61. The molecule has 2 aromatic carbocycles. The Balaban J connectivity index is 1.68. The lowest BCUT2D eigenvalue weighted by molar-refractivity contribution is -0.138. The van der Waals surface area contributed by atoms with Crippen molar-refractivity contribution in [2.24, 2.45) is 10.2 Å². The summed E-state index contributed by atoms with van der Waals surface area (Å²) < 4.78 is 5.19. The maximum Gasteiger partial charge on any atom is 0.303 e. The number of carbonyl (C=O) groups excluding carboxylic acids is 2. The van der Waals surface area contributed by atoms with Crippen molar-refractivity contribution in [1.82, 2.24) is 4.98 Å². The predicted molar refractivity (Wildman–Crippen MR) is 171 cm³/mol. The van der Waals surface area contributed by atoms with Crippen molar-refractivity contribution < 1.29 is 24.2 Å². The summed E-state index contributed by atoms with van der Waals surface area (Å²) in [5.41, 5.74) is 2.43. The molecule has 0 radical (unpaired) electrons. The number of ketones is 1. The highest BCUT2D eigenvalue weighted by Crippen LogP contribution is 2.42. The van der Waals surface area contributed by atoms with E-state index in [-0.39, 0.29) is 45.8 Å². The van der Waals surface area contributed by atoms with E-state index in [9.17, 15) is 19.6 Å². The van der Waals surface area contributed by atoms with Crippen LogP contribution in [0.4, 0.5) is 22.2 Å². The molecule has 12 nitrogen and oxygen atoms in total. The number of halogens is 1. The van der Waals surface area contributed by atoms with Gasteiger partial charge in [0.15, 0.2) is 5.78 Å². The number of nitriles is 1. The number of methoxy groups -OCH3 is 1. The minimum atomic E-state index is -1.09. The van der Waals surface area contributed by atoms with E-state index in [2.05, 4.69) is 25.4 Å². The van der Waals surface area contributed by atoms with Crippen LogP contribution >= 0.6 is 22.9 Å². The second kappa shape index (κ2) is 15.0. The van der Waals surface area contributed by atoms with E-state index < -0.39 is 11.9 Å². The smallest absolute Gasteiger partial charge is 0.303 e. The normalized spacial score (nSPS) is 14.2. The van der Waals surface area contributed by atoms with Gasteiger partial charge < -0.3 is 20.1 Å². The number of nitrogens with one attached hydrogen (secondary N) is 1. The third-order valence-electron chi connectivity index (χ3n) is 6.66. The van der Waals surface area contributed by atoms with Gasteiger partial charge in [0, 0.05) is 49.0 Å². The molecule has 45 heavy (non-hydrogen) atoms. The lowest BCUT2D eigenvalue weighted by Gasteiger charge is -2.23. The van der Waals surface area contributed by atoms with Crippen molar-refractivity contribution in [3.63, 3.8) is 0 Å². The van der Waals surface area contributed by atoms with Gasteiger partial charge in [-0.1, -0.05) is 47.2 Å². The van der Waals surface area contributed by atoms with Crippen LogP contribution in [0.3, 0.4) is 0 Å². The van der Waals surface area contributed by atoms with E-state index in [1.54, 1.807) is 43.5 Å². The number of allylic oxidation sites excluding steroid dienone is 3. The molecule has 1 aromatic heterocycles. The third kappa shape index (κ3) is 7.66. The number of thiazole rings is 1. The first-order chi connectivity index (χ1) is 21.7. The van der Waals surface area contributed by atoms with Crippen LogP contribution in [0, 0.1) is 17.9 Å². The zero-order chi connectivity index (χ0) is 32.5. The highest BCUT2D eigenvalue weighted by molar-refractivity contribution is 7.16. The number of benzene rings is 2. The molecule has 1 amide bonds. The van der Waals surface area contributed by atoms with Gasteiger partial charge in [-0.25, -0.2) is 15.1 Å². The maximum atomic E-state index is 13.2. The number of fused-ring (bicyclic) bond motifs is 1. The van der Waals surface area contributed by atoms with Crippen molar-refractivity contribution in [3.05, 3.63) is 86.3 Å². The molecule has 228 valence electrons. The number of azo groups is 1. The van der Waals surface area contributed by atoms with E-state index in [0.717, 1.165) is 17.0 Å². The van der Waals surface area contributed by atoms with E-state index in [1.165, 1.54) is 6.08 Å². The van der Waals surface area contributed by atoms with Gasteiger partial charge in [-0.15, -0.1) is 10.2 Å². The topological polar surface area (TPSA) is 162 Å². The van der Waals surface area contributed by atoms with Crippen LogP contribution in [0.2, 0.25) is 5.15 Å². The predicted octanol–water partition coefficient (Wildman–Crippen LogP) is 6.92. The van der Waals surface area contributed by atoms with Crippen molar-refractivity contribution in [2.75, 3.05) is 37.0 Å². The molecule has 1 aliphatic carbocycles. The van der Waals surface area contributed by atoms with Gasteiger partial charge in [-0.05, 0) is 36.8 Å². The summed E-state index contributed by atoms with van der Waals surface area (Å²) >= 11 is 7.45. The van der Waals surface area contributed by atoms with Gasteiger partial charge in [0.2, 0.25) is 11.0 Å². The lowest BCUT2D eigenvalue weighted by Crippen LogP contribution is -2.26. The summed E-state index contributed by atoms with van der Waals surface area (Å²) in [4.78, 5) is 46.7. The molecule has 3 aromatic rings. The highest BCUT2D eigenvalue weighted by atomic mass is 35.5. The summed E-state index contributed by atoms with van der Waals surface area (Å²) in [6.07, 6.45) is 0.933. The van der Waals surface area contributed by atoms with Gasteiger partial charge in [-0.2, -0.15) is 0 Å². The van der Waals surface area contributed by atoms with Crippen LogP contribution in [0.1, 0.15) is 40.6 Å². The maximum absolute atomic E-state index is 13.2. The first kappa shape index (κ1) is 32.7. The van der Waals surface area contributed by atoms with E-state index in [1.807, 2.05) is 24.0 Å². The molecule has 0 saturated carbocycles. The van der Waals surface area contributed by atoms with E-state index in [0.29, 0.717) is 47.1 Å². The Hall–Kier alpha value is -5.21. The van der Waals surface area contributed by atoms with Crippen LogP contribution in [0.15, 0.2) is 64.0 Å². The number of carbonyl (C=O) groups is 3. The van der Waals surface area contributed by atoms with Gasteiger partial charge in [0.05, 0.1) is 36.2 Å². The molecule has 0 bridgehead atoms. The van der Waals surface area contributed by atoms with Crippen molar-refractivity contribution in [3.8, 4) is 6.07 Å². The van der Waals surface area contributed by atoms with Gasteiger partial charge >= 0.3 is 5.97 Å². The number of carboxylic acid groups (broad SMARTS) is 1. The summed E-state index contributed by atoms with van der Waals surface area (Å²) in [5.74, 6) is -1.94. The van der Waals surface area contributed by atoms with Gasteiger partial charge in [0.25, 0.3) is 5.70 Å². The SMILES string of the molecule is [C-]#[N+]/C(C#N)=C1/C(=C/c2sc(N=Nc3ccc(N(CC)CCOC)cc3NC(=O)CCC(=O)O)nc2Cl)C(=O)c2ccccc21. The molecule has 0 unspecified atom stereocenters. The molecule has 0 saturated heterocycles. The number of anilines is 2. The van der Waals surface area contributed by atoms with Crippen LogP contribution in [-0.4, -0.2) is 54.6 Å². The Morgan fingerprint density at radius 1 is 1.24 bits per heavy atom. The Bertz CT molecular complexity index is 1820. The van der Waals surface area contributed by atoms with Crippen LogP contribution in [0.25, 0.3) is 16.5 Å². The Morgan fingerprint density at radius 3 is 2.67 bits per heavy atom. The largest absolute Gasteiger partial charge is 0.481 e. The molecule has 0 fully saturated rings. The number of amides is 1. The molecule has 0 atom stereocenters.